The molecule has 1 heterocycles. The number of hydrogen-bond donors (Lipinski definition) is 5. The van der Waals surface area contributed by atoms with Gasteiger partial charge in [-0.05, 0) is 12.3 Å². The third-order valence-electron chi connectivity index (χ3n) is 4.90. The molecule has 5 heteroatoms. The van der Waals surface area contributed by atoms with Crippen molar-refractivity contribution in [2.24, 2.45) is 5.92 Å². The summed E-state index contributed by atoms with van der Waals surface area (Å²) >= 11 is 0. The average molecular weight is 312 g/mol. The van der Waals surface area contributed by atoms with Crippen molar-refractivity contribution in [2.45, 2.75) is 44.6 Å². The fourth-order valence-electron chi connectivity index (χ4n) is 3.61. The lowest BCUT2D eigenvalue weighted by Crippen LogP contribution is -2.44. The molecule has 0 aromatic carbocycles. The molecule has 5 N–H and O–H groups in total. The minimum atomic E-state index is 0.633. The molecule has 2 aliphatic rings. The first-order chi connectivity index (χ1) is 10.9. The Hall–Kier alpha value is -0.200. The lowest BCUT2D eigenvalue weighted by atomic mass is 9.85. The van der Waals surface area contributed by atoms with Crippen molar-refractivity contribution in [3.63, 3.8) is 0 Å². The van der Waals surface area contributed by atoms with Gasteiger partial charge in [-0.3, -0.25) is 0 Å². The van der Waals surface area contributed by atoms with E-state index in [1.807, 2.05) is 0 Å². The van der Waals surface area contributed by atoms with Crippen LogP contribution in [0.4, 0.5) is 0 Å². The van der Waals surface area contributed by atoms with E-state index in [9.17, 15) is 0 Å². The smallest absolute Gasteiger partial charge is 0.0195 e. The summed E-state index contributed by atoms with van der Waals surface area (Å²) in [7, 11) is 0. The predicted octanol–water partition coefficient (Wildman–Crippen LogP) is 0.287. The van der Waals surface area contributed by atoms with E-state index < -0.39 is 0 Å². The van der Waals surface area contributed by atoms with Crippen LogP contribution >= 0.6 is 0 Å². The van der Waals surface area contributed by atoms with Crippen LogP contribution in [0.3, 0.4) is 0 Å². The second-order valence-electron chi connectivity index (χ2n) is 6.84. The van der Waals surface area contributed by atoms with Crippen LogP contribution in [0.15, 0.2) is 0 Å². The molecule has 0 radical (unpaired) electrons. The van der Waals surface area contributed by atoms with E-state index in [0.29, 0.717) is 6.04 Å². The molecule has 1 aliphatic carbocycles. The molecule has 2 rings (SSSR count). The molecule has 1 atom stereocenters. The number of nitrogens with one attached hydrogen (secondary N) is 5. The first-order valence-electron chi connectivity index (χ1n) is 9.51. The third-order valence-corrected chi connectivity index (χ3v) is 4.90. The van der Waals surface area contributed by atoms with Gasteiger partial charge in [-0.25, -0.2) is 0 Å². The maximum absolute atomic E-state index is 3.77. The molecule has 130 valence electrons. The van der Waals surface area contributed by atoms with Gasteiger partial charge < -0.3 is 26.6 Å². The molecule has 22 heavy (non-hydrogen) atoms. The lowest BCUT2D eigenvalue weighted by Gasteiger charge is -2.27. The molecule has 2 fully saturated rings. The first kappa shape index (κ1) is 18.1. The second kappa shape index (κ2) is 12.3. The van der Waals surface area contributed by atoms with E-state index in [1.54, 1.807) is 0 Å². The summed E-state index contributed by atoms with van der Waals surface area (Å²) in [5.41, 5.74) is 0. The lowest BCUT2D eigenvalue weighted by molar-refractivity contribution is 0.293. The van der Waals surface area contributed by atoms with Crippen molar-refractivity contribution >= 4 is 0 Å². The Bertz CT molecular complexity index is 239. The third kappa shape index (κ3) is 8.44. The number of rotatable bonds is 2. The Morgan fingerprint density at radius 3 is 1.77 bits per heavy atom. The summed E-state index contributed by atoms with van der Waals surface area (Å²) in [6, 6.07) is 0.633. The molecular formula is C17H37N5. The Labute approximate surface area is 136 Å². The van der Waals surface area contributed by atoms with Crippen molar-refractivity contribution in [3.05, 3.63) is 0 Å². The van der Waals surface area contributed by atoms with Crippen LogP contribution in [0.25, 0.3) is 0 Å². The zero-order valence-electron chi connectivity index (χ0n) is 14.3. The zero-order valence-corrected chi connectivity index (χ0v) is 14.3. The Morgan fingerprint density at radius 2 is 1.14 bits per heavy atom. The van der Waals surface area contributed by atoms with Gasteiger partial charge in [-0.1, -0.05) is 32.1 Å². The molecule has 1 saturated heterocycles. The van der Waals surface area contributed by atoms with Gasteiger partial charge in [0.05, 0.1) is 0 Å². The highest BCUT2D eigenvalue weighted by molar-refractivity contribution is 4.77. The first-order valence-corrected chi connectivity index (χ1v) is 9.51. The van der Waals surface area contributed by atoms with Crippen LogP contribution in [0.5, 0.6) is 0 Å². The molecule has 0 aromatic rings. The Balaban J connectivity index is 1.70. The van der Waals surface area contributed by atoms with E-state index in [-0.39, 0.29) is 0 Å². The van der Waals surface area contributed by atoms with Crippen molar-refractivity contribution in [3.8, 4) is 0 Å². The summed E-state index contributed by atoms with van der Waals surface area (Å²) < 4.78 is 0. The van der Waals surface area contributed by atoms with Crippen molar-refractivity contribution in [2.75, 3.05) is 58.9 Å². The molecule has 0 spiro atoms. The van der Waals surface area contributed by atoms with Gasteiger partial charge in [0.25, 0.3) is 0 Å². The standard InChI is InChI=1S/C17H37N5/c1-2-4-16(5-3-1)14-17-15-21-11-10-19-7-6-18-8-9-20-12-13-22-17/h16-22H,1-15H2. The van der Waals surface area contributed by atoms with Gasteiger partial charge in [0.2, 0.25) is 0 Å². The highest BCUT2D eigenvalue weighted by Crippen LogP contribution is 2.27. The highest BCUT2D eigenvalue weighted by Gasteiger charge is 2.18. The summed E-state index contributed by atoms with van der Waals surface area (Å²) in [6.45, 7) is 9.64. The van der Waals surface area contributed by atoms with Gasteiger partial charge in [0.15, 0.2) is 0 Å². The van der Waals surface area contributed by atoms with Crippen LogP contribution in [0.1, 0.15) is 38.5 Å². The summed E-state index contributed by atoms with van der Waals surface area (Å²) in [4.78, 5) is 0. The molecule has 1 saturated carbocycles. The van der Waals surface area contributed by atoms with E-state index in [0.717, 1.165) is 64.8 Å². The van der Waals surface area contributed by atoms with E-state index in [1.165, 1.54) is 38.5 Å². The topological polar surface area (TPSA) is 60.1 Å². The van der Waals surface area contributed by atoms with E-state index in [2.05, 4.69) is 26.6 Å². The highest BCUT2D eigenvalue weighted by atomic mass is 15.0. The molecule has 1 unspecified atom stereocenters. The predicted molar refractivity (Wildman–Crippen MR) is 94.5 cm³/mol. The maximum Gasteiger partial charge on any atom is 0.0195 e. The summed E-state index contributed by atoms with van der Waals surface area (Å²) in [5.74, 6) is 0.949. The quantitative estimate of drug-likeness (QED) is 0.507. The molecule has 1 aliphatic heterocycles. The monoisotopic (exact) mass is 311 g/mol. The van der Waals surface area contributed by atoms with Crippen molar-refractivity contribution in [1.29, 1.82) is 0 Å². The van der Waals surface area contributed by atoms with Gasteiger partial charge in [0.1, 0.15) is 0 Å². The summed E-state index contributed by atoms with van der Waals surface area (Å²) in [6.07, 6.45) is 8.60. The van der Waals surface area contributed by atoms with Crippen molar-refractivity contribution < 1.29 is 0 Å². The van der Waals surface area contributed by atoms with Crippen LogP contribution < -0.4 is 26.6 Å². The van der Waals surface area contributed by atoms with Gasteiger partial charge >= 0.3 is 0 Å². The minimum Gasteiger partial charge on any atom is -0.314 e. The molecule has 0 bridgehead atoms. The average Bonchev–Trinajstić information content (AvgIpc) is 2.56. The normalized spacial score (nSPS) is 28.6. The molecule has 0 aromatic heterocycles. The fraction of sp³-hybridized carbons (Fsp3) is 1.00. The largest absolute Gasteiger partial charge is 0.314 e. The number of hydrogen-bond acceptors (Lipinski definition) is 5. The van der Waals surface area contributed by atoms with Crippen molar-refractivity contribution in [1.82, 2.24) is 26.6 Å². The van der Waals surface area contributed by atoms with Crippen LogP contribution in [-0.2, 0) is 0 Å². The Kier molecular flexibility index (Phi) is 10.1. The van der Waals surface area contributed by atoms with E-state index in [4.69, 9.17) is 0 Å². The van der Waals surface area contributed by atoms with Gasteiger partial charge in [-0.15, -0.1) is 0 Å². The van der Waals surface area contributed by atoms with Gasteiger partial charge in [0, 0.05) is 64.9 Å². The zero-order chi connectivity index (χ0) is 15.3. The Morgan fingerprint density at radius 1 is 0.591 bits per heavy atom. The van der Waals surface area contributed by atoms with Gasteiger partial charge in [-0.2, -0.15) is 0 Å². The van der Waals surface area contributed by atoms with Crippen LogP contribution in [0, 0.1) is 5.92 Å². The van der Waals surface area contributed by atoms with Crippen LogP contribution in [-0.4, -0.2) is 64.9 Å². The fourth-order valence-corrected chi connectivity index (χ4v) is 3.61. The van der Waals surface area contributed by atoms with E-state index >= 15 is 0 Å². The SMILES string of the molecule is C1CCC(CC2CNCCNCCNCCNCCN2)CC1. The summed E-state index contributed by atoms with van der Waals surface area (Å²) in [5, 5.41) is 17.8. The minimum absolute atomic E-state index is 0.633. The molecule has 0 amide bonds. The molecular weight excluding hydrogens is 274 g/mol. The molecule has 5 nitrogen and oxygen atoms in total. The second-order valence-corrected chi connectivity index (χ2v) is 6.84. The van der Waals surface area contributed by atoms with Crippen LogP contribution in [0.2, 0.25) is 0 Å². The maximum atomic E-state index is 3.77.